The molecule has 0 aliphatic heterocycles. The second-order valence-electron chi connectivity index (χ2n) is 1.62. The number of rotatable bonds is 5. The Labute approximate surface area is 60.3 Å². The fourth-order valence-corrected chi connectivity index (χ4v) is 0.739. The van der Waals surface area contributed by atoms with Crippen LogP contribution in [0.5, 0.6) is 0 Å². The monoisotopic (exact) mass is 168 g/mol. The van der Waals surface area contributed by atoms with Crippen LogP contribution < -0.4 is 0 Å². The minimum Gasteiger partial charge on any atom is -0.379 e. The fraction of sp³-hybridized carbons (Fsp3) is 1.00. The SMILES string of the molecule is CCOCCO[Si](O)(O)O. The summed E-state index contributed by atoms with van der Waals surface area (Å²) in [7, 11) is -4.29. The fourth-order valence-electron chi connectivity index (χ4n) is 0.382. The molecule has 0 radical (unpaired) electrons. The molecule has 0 amide bonds. The van der Waals surface area contributed by atoms with Crippen molar-refractivity contribution in [1.82, 2.24) is 0 Å². The number of ether oxygens (including phenoxy) is 1. The number of hydrogen-bond acceptors (Lipinski definition) is 5. The predicted molar refractivity (Wildman–Crippen MR) is 34.9 cm³/mol. The van der Waals surface area contributed by atoms with E-state index in [-0.39, 0.29) is 13.2 Å². The van der Waals surface area contributed by atoms with E-state index in [1.54, 1.807) is 0 Å². The van der Waals surface area contributed by atoms with E-state index in [1.807, 2.05) is 6.92 Å². The molecular formula is C4H12O5Si. The molecule has 0 aromatic rings. The zero-order chi connectivity index (χ0) is 8.04. The molecule has 0 saturated carbocycles. The van der Waals surface area contributed by atoms with Crippen molar-refractivity contribution in [3.05, 3.63) is 0 Å². The van der Waals surface area contributed by atoms with Gasteiger partial charge in [-0.1, -0.05) is 0 Å². The van der Waals surface area contributed by atoms with Crippen LogP contribution in [0.1, 0.15) is 6.92 Å². The molecule has 6 heteroatoms. The van der Waals surface area contributed by atoms with Gasteiger partial charge in [-0.25, -0.2) is 0 Å². The first kappa shape index (κ1) is 10.0. The van der Waals surface area contributed by atoms with Crippen LogP contribution in [-0.4, -0.2) is 43.3 Å². The van der Waals surface area contributed by atoms with Crippen molar-refractivity contribution in [1.29, 1.82) is 0 Å². The van der Waals surface area contributed by atoms with Gasteiger partial charge in [-0.3, -0.25) is 0 Å². The summed E-state index contributed by atoms with van der Waals surface area (Å²) in [5.41, 5.74) is 0. The average Bonchev–Trinajstić information content (AvgIpc) is 1.78. The molecule has 0 spiro atoms. The van der Waals surface area contributed by atoms with Gasteiger partial charge in [0.25, 0.3) is 0 Å². The van der Waals surface area contributed by atoms with Gasteiger partial charge in [0.2, 0.25) is 0 Å². The summed E-state index contributed by atoms with van der Waals surface area (Å²) >= 11 is 0. The van der Waals surface area contributed by atoms with Crippen LogP contribution in [0.25, 0.3) is 0 Å². The molecule has 0 fully saturated rings. The van der Waals surface area contributed by atoms with Crippen LogP contribution in [-0.2, 0) is 9.16 Å². The molecule has 0 bridgehead atoms. The smallest absolute Gasteiger partial charge is 0.379 e. The summed E-state index contributed by atoms with van der Waals surface area (Å²) < 4.78 is 9.00. The Bertz CT molecular complexity index is 80.2. The van der Waals surface area contributed by atoms with E-state index in [1.165, 1.54) is 0 Å². The standard InChI is InChI=1S/C4H12O5Si/c1-2-8-3-4-9-10(5,6)7/h5-7H,2-4H2,1H3. The zero-order valence-electron chi connectivity index (χ0n) is 5.78. The van der Waals surface area contributed by atoms with Gasteiger partial charge in [0.15, 0.2) is 0 Å². The summed E-state index contributed by atoms with van der Waals surface area (Å²) in [6, 6.07) is 0. The molecule has 0 aliphatic rings. The molecule has 0 aromatic heterocycles. The van der Waals surface area contributed by atoms with Crippen molar-refractivity contribution in [3.8, 4) is 0 Å². The third-order valence-electron chi connectivity index (χ3n) is 0.728. The summed E-state index contributed by atoms with van der Waals surface area (Å²) in [6.07, 6.45) is 0. The summed E-state index contributed by atoms with van der Waals surface area (Å²) in [6.45, 7) is 2.61. The third-order valence-corrected chi connectivity index (χ3v) is 1.32. The lowest BCUT2D eigenvalue weighted by Gasteiger charge is -2.08. The highest BCUT2D eigenvalue weighted by Crippen LogP contribution is 1.87. The van der Waals surface area contributed by atoms with Gasteiger partial charge in [-0.2, -0.15) is 0 Å². The first-order chi connectivity index (χ1) is 4.56. The molecule has 0 heterocycles. The van der Waals surface area contributed by atoms with E-state index in [9.17, 15) is 0 Å². The Kier molecular flexibility index (Phi) is 4.78. The van der Waals surface area contributed by atoms with Crippen LogP contribution in [0.2, 0.25) is 0 Å². The lowest BCUT2D eigenvalue weighted by molar-refractivity contribution is 0.0299. The summed E-state index contributed by atoms with van der Waals surface area (Å²) in [5.74, 6) is 0. The molecule has 10 heavy (non-hydrogen) atoms. The highest BCUT2D eigenvalue weighted by atomic mass is 28.4. The van der Waals surface area contributed by atoms with Crippen LogP contribution >= 0.6 is 0 Å². The van der Waals surface area contributed by atoms with Crippen molar-refractivity contribution in [2.45, 2.75) is 6.92 Å². The second-order valence-corrected chi connectivity index (χ2v) is 3.06. The topological polar surface area (TPSA) is 79.2 Å². The van der Waals surface area contributed by atoms with Crippen molar-refractivity contribution in [2.75, 3.05) is 19.8 Å². The second kappa shape index (κ2) is 4.77. The van der Waals surface area contributed by atoms with Crippen LogP contribution in [0.15, 0.2) is 0 Å². The Morgan fingerprint density at radius 1 is 1.20 bits per heavy atom. The van der Waals surface area contributed by atoms with Crippen molar-refractivity contribution in [2.24, 2.45) is 0 Å². The molecule has 3 N–H and O–H groups in total. The summed E-state index contributed by atoms with van der Waals surface area (Å²) in [5, 5.41) is 0. The van der Waals surface area contributed by atoms with Gasteiger partial charge in [-0.15, -0.1) is 0 Å². The molecular weight excluding hydrogens is 156 g/mol. The van der Waals surface area contributed by atoms with Crippen molar-refractivity contribution in [3.63, 3.8) is 0 Å². The maximum Gasteiger partial charge on any atom is 0.671 e. The van der Waals surface area contributed by atoms with Gasteiger partial charge < -0.3 is 23.5 Å². The first-order valence-electron chi connectivity index (χ1n) is 2.95. The Hall–Kier alpha value is 0.0169. The largest absolute Gasteiger partial charge is 0.671 e. The van der Waals surface area contributed by atoms with E-state index in [4.69, 9.17) is 19.1 Å². The van der Waals surface area contributed by atoms with Crippen molar-refractivity contribution >= 4 is 9.05 Å². The zero-order valence-corrected chi connectivity index (χ0v) is 6.78. The van der Waals surface area contributed by atoms with E-state index < -0.39 is 9.05 Å². The van der Waals surface area contributed by atoms with Crippen LogP contribution in [0.3, 0.4) is 0 Å². The lowest BCUT2D eigenvalue weighted by Crippen LogP contribution is -2.39. The Morgan fingerprint density at radius 2 is 1.80 bits per heavy atom. The minimum absolute atomic E-state index is 0.00353. The van der Waals surface area contributed by atoms with E-state index in [0.717, 1.165) is 0 Å². The van der Waals surface area contributed by atoms with E-state index in [2.05, 4.69) is 4.43 Å². The molecule has 0 rings (SSSR count). The molecule has 0 unspecified atom stereocenters. The van der Waals surface area contributed by atoms with E-state index in [0.29, 0.717) is 6.61 Å². The normalized spacial score (nSPS) is 12.0. The molecule has 0 atom stereocenters. The van der Waals surface area contributed by atoms with Gasteiger partial charge in [0.1, 0.15) is 0 Å². The lowest BCUT2D eigenvalue weighted by atomic mass is 10.8. The highest BCUT2D eigenvalue weighted by Gasteiger charge is 2.29. The quantitative estimate of drug-likeness (QED) is 0.342. The van der Waals surface area contributed by atoms with Crippen LogP contribution in [0, 0.1) is 0 Å². The van der Waals surface area contributed by atoms with Gasteiger partial charge in [0.05, 0.1) is 13.2 Å². The highest BCUT2D eigenvalue weighted by molar-refractivity contribution is 6.48. The van der Waals surface area contributed by atoms with Gasteiger partial charge in [0, 0.05) is 6.61 Å². The Morgan fingerprint density at radius 3 is 2.20 bits per heavy atom. The minimum atomic E-state index is -4.29. The molecule has 0 saturated heterocycles. The molecule has 62 valence electrons. The van der Waals surface area contributed by atoms with Gasteiger partial charge >= 0.3 is 9.05 Å². The maximum atomic E-state index is 8.29. The molecule has 0 aromatic carbocycles. The predicted octanol–water partition coefficient (Wildman–Crippen LogP) is -1.55. The Balaban J connectivity index is 3.04. The molecule has 5 nitrogen and oxygen atoms in total. The summed E-state index contributed by atoms with van der Waals surface area (Å²) in [4.78, 5) is 24.9. The number of hydrogen-bond donors (Lipinski definition) is 3. The average molecular weight is 168 g/mol. The molecule has 0 aliphatic carbocycles. The van der Waals surface area contributed by atoms with E-state index >= 15 is 0 Å². The third kappa shape index (κ3) is 8.02. The van der Waals surface area contributed by atoms with Gasteiger partial charge in [-0.05, 0) is 6.92 Å². The first-order valence-corrected chi connectivity index (χ1v) is 4.70. The van der Waals surface area contributed by atoms with Crippen molar-refractivity contribution < 1.29 is 23.5 Å². The maximum absolute atomic E-state index is 8.29. The van der Waals surface area contributed by atoms with Crippen LogP contribution in [0.4, 0.5) is 0 Å².